The number of benzene rings is 2. The van der Waals surface area contributed by atoms with E-state index in [1.807, 2.05) is 45.1 Å². The molecule has 0 atom stereocenters. The fraction of sp³-hybridized carbons (Fsp3) is 0.185. The Kier molecular flexibility index (Phi) is 6.24. The van der Waals surface area contributed by atoms with Crippen molar-refractivity contribution < 1.29 is 9.18 Å². The summed E-state index contributed by atoms with van der Waals surface area (Å²) in [6.45, 7) is 6.20. The van der Waals surface area contributed by atoms with E-state index < -0.39 is 0 Å². The number of imidazole rings is 1. The number of carbonyl (C=O) groups is 1. The first-order valence-electron chi connectivity index (χ1n) is 11.5. The predicted octanol–water partition coefficient (Wildman–Crippen LogP) is 5.93. The number of anilines is 1. The van der Waals surface area contributed by atoms with E-state index in [0.29, 0.717) is 11.4 Å². The molecule has 0 fully saturated rings. The molecule has 7 nitrogen and oxygen atoms in total. The molecule has 0 aliphatic heterocycles. The molecular weight excluding hydrogens is 475 g/mol. The van der Waals surface area contributed by atoms with E-state index in [1.165, 1.54) is 23.5 Å². The number of nitrogens with zero attached hydrogens (tertiary/aromatic N) is 5. The summed E-state index contributed by atoms with van der Waals surface area (Å²) in [6, 6.07) is 14.0. The summed E-state index contributed by atoms with van der Waals surface area (Å²) in [5.41, 5.74) is 4.56. The van der Waals surface area contributed by atoms with Crippen molar-refractivity contribution in [1.29, 1.82) is 0 Å². The molecule has 2 aromatic carbocycles. The van der Waals surface area contributed by atoms with Gasteiger partial charge in [-0.05, 0) is 63.2 Å². The predicted molar refractivity (Wildman–Crippen MR) is 140 cm³/mol. The average Bonchev–Trinajstić information content (AvgIpc) is 3.60. The van der Waals surface area contributed by atoms with Gasteiger partial charge >= 0.3 is 0 Å². The van der Waals surface area contributed by atoms with Gasteiger partial charge in [0.05, 0.1) is 41.4 Å². The summed E-state index contributed by atoms with van der Waals surface area (Å²) in [5, 5.41) is 10.2. The van der Waals surface area contributed by atoms with Crippen LogP contribution in [0, 0.1) is 5.82 Å². The number of halogens is 1. The van der Waals surface area contributed by atoms with Crippen LogP contribution >= 0.6 is 11.3 Å². The molecule has 0 radical (unpaired) electrons. The molecule has 0 spiro atoms. The van der Waals surface area contributed by atoms with Crippen LogP contribution in [0.4, 0.5) is 10.1 Å². The van der Waals surface area contributed by atoms with Crippen LogP contribution in [0.15, 0.2) is 78.8 Å². The molecule has 182 valence electrons. The SMILES string of the molecule is CC(C)(C)n1ncc(-c2nc(CC(=O)Nc3cccc(-n4ccnc4)c3)cs2)c1-c1ccc(F)cc1. The van der Waals surface area contributed by atoms with Crippen molar-refractivity contribution in [2.75, 3.05) is 5.32 Å². The van der Waals surface area contributed by atoms with Crippen molar-refractivity contribution in [3.8, 4) is 27.5 Å². The van der Waals surface area contributed by atoms with Crippen LogP contribution in [0.5, 0.6) is 0 Å². The summed E-state index contributed by atoms with van der Waals surface area (Å²) >= 11 is 1.46. The minimum atomic E-state index is -0.291. The van der Waals surface area contributed by atoms with Gasteiger partial charge in [0.1, 0.15) is 10.8 Å². The van der Waals surface area contributed by atoms with Gasteiger partial charge in [-0.1, -0.05) is 6.07 Å². The molecule has 1 amide bonds. The van der Waals surface area contributed by atoms with Crippen LogP contribution in [0.2, 0.25) is 0 Å². The van der Waals surface area contributed by atoms with Gasteiger partial charge in [0.15, 0.2) is 0 Å². The van der Waals surface area contributed by atoms with Gasteiger partial charge in [-0.25, -0.2) is 14.4 Å². The van der Waals surface area contributed by atoms with E-state index in [0.717, 1.165) is 27.5 Å². The molecule has 5 aromatic rings. The van der Waals surface area contributed by atoms with Gasteiger partial charge in [0, 0.05) is 34.7 Å². The third-order valence-electron chi connectivity index (χ3n) is 5.58. The molecular formula is C27H25FN6OS. The maximum atomic E-state index is 13.6. The van der Waals surface area contributed by atoms with Crippen molar-refractivity contribution >= 4 is 22.9 Å². The summed E-state index contributed by atoms with van der Waals surface area (Å²) in [7, 11) is 0. The molecule has 36 heavy (non-hydrogen) atoms. The third kappa shape index (κ3) is 4.96. The number of aromatic nitrogens is 5. The Morgan fingerprint density at radius 3 is 2.67 bits per heavy atom. The fourth-order valence-electron chi connectivity index (χ4n) is 3.94. The molecule has 5 rings (SSSR count). The van der Waals surface area contributed by atoms with Crippen LogP contribution in [0.1, 0.15) is 26.5 Å². The first kappa shape index (κ1) is 23.6. The second-order valence-electron chi connectivity index (χ2n) is 9.39. The first-order chi connectivity index (χ1) is 17.3. The monoisotopic (exact) mass is 500 g/mol. The minimum Gasteiger partial charge on any atom is -0.326 e. The zero-order valence-corrected chi connectivity index (χ0v) is 21.0. The molecule has 3 aromatic heterocycles. The number of hydrogen-bond donors (Lipinski definition) is 1. The molecule has 0 bridgehead atoms. The lowest BCUT2D eigenvalue weighted by molar-refractivity contribution is -0.115. The van der Waals surface area contributed by atoms with Gasteiger partial charge in [0.25, 0.3) is 0 Å². The van der Waals surface area contributed by atoms with E-state index in [4.69, 9.17) is 4.98 Å². The van der Waals surface area contributed by atoms with Crippen molar-refractivity contribution in [2.24, 2.45) is 0 Å². The van der Waals surface area contributed by atoms with Crippen LogP contribution in [-0.2, 0) is 16.8 Å². The van der Waals surface area contributed by atoms with Gasteiger partial charge in [-0.3, -0.25) is 9.48 Å². The van der Waals surface area contributed by atoms with E-state index >= 15 is 0 Å². The number of thiazole rings is 1. The van der Waals surface area contributed by atoms with E-state index in [1.54, 1.807) is 30.9 Å². The van der Waals surface area contributed by atoms with E-state index in [-0.39, 0.29) is 23.7 Å². The Morgan fingerprint density at radius 1 is 1.14 bits per heavy atom. The molecule has 9 heteroatoms. The smallest absolute Gasteiger partial charge is 0.230 e. The lowest BCUT2D eigenvalue weighted by Gasteiger charge is -2.23. The van der Waals surface area contributed by atoms with Gasteiger partial charge < -0.3 is 9.88 Å². The maximum Gasteiger partial charge on any atom is 0.230 e. The molecule has 3 heterocycles. The highest BCUT2D eigenvalue weighted by Gasteiger charge is 2.24. The van der Waals surface area contributed by atoms with Gasteiger partial charge in [-0.15, -0.1) is 11.3 Å². The van der Waals surface area contributed by atoms with Crippen molar-refractivity contribution in [3.63, 3.8) is 0 Å². The quantitative estimate of drug-likeness (QED) is 0.313. The normalized spacial score (nSPS) is 11.6. The minimum absolute atomic E-state index is 0.144. The molecule has 0 aliphatic carbocycles. The second kappa shape index (κ2) is 9.50. The lowest BCUT2D eigenvalue weighted by atomic mass is 10.0. The Labute approximate surface area is 212 Å². The number of nitrogens with one attached hydrogen (secondary N) is 1. The lowest BCUT2D eigenvalue weighted by Crippen LogP contribution is -2.24. The first-order valence-corrected chi connectivity index (χ1v) is 12.3. The van der Waals surface area contributed by atoms with Crippen molar-refractivity contribution in [3.05, 3.63) is 90.3 Å². The van der Waals surface area contributed by atoms with Crippen LogP contribution in [-0.4, -0.2) is 30.2 Å². The Balaban J connectivity index is 1.37. The highest BCUT2D eigenvalue weighted by atomic mass is 32.1. The van der Waals surface area contributed by atoms with Crippen LogP contribution in [0.25, 0.3) is 27.5 Å². The number of hydrogen-bond acceptors (Lipinski definition) is 5. The average molecular weight is 501 g/mol. The van der Waals surface area contributed by atoms with E-state index in [9.17, 15) is 9.18 Å². The number of rotatable bonds is 6. The standard InChI is InChI=1S/C27H25FN6OS/c1-27(2,3)34-25(18-7-9-19(28)10-8-18)23(15-30-34)26-32-21(16-36-26)14-24(35)31-20-5-4-6-22(13-20)33-12-11-29-17-33/h4-13,15-17H,14H2,1-3H3,(H,31,35). The maximum absolute atomic E-state index is 13.6. The zero-order valence-electron chi connectivity index (χ0n) is 20.1. The topological polar surface area (TPSA) is 77.6 Å². The summed E-state index contributed by atoms with van der Waals surface area (Å²) in [6.07, 6.45) is 7.19. The summed E-state index contributed by atoms with van der Waals surface area (Å²) in [4.78, 5) is 21.6. The fourth-order valence-corrected chi connectivity index (χ4v) is 4.77. The molecule has 1 N–H and O–H groups in total. The molecule has 0 unspecified atom stereocenters. The molecule has 0 saturated carbocycles. The zero-order chi connectivity index (χ0) is 25.3. The van der Waals surface area contributed by atoms with Gasteiger partial charge in [-0.2, -0.15) is 5.10 Å². The third-order valence-corrected chi connectivity index (χ3v) is 6.50. The number of carbonyl (C=O) groups excluding carboxylic acids is 1. The molecule has 0 saturated heterocycles. The Morgan fingerprint density at radius 2 is 1.94 bits per heavy atom. The van der Waals surface area contributed by atoms with Gasteiger partial charge in [0.2, 0.25) is 5.91 Å². The Hall–Kier alpha value is -4.11. The van der Waals surface area contributed by atoms with Crippen LogP contribution in [0.3, 0.4) is 0 Å². The second-order valence-corrected chi connectivity index (χ2v) is 10.2. The molecule has 0 aliphatic rings. The highest BCUT2D eigenvalue weighted by Crippen LogP contribution is 2.36. The summed E-state index contributed by atoms with van der Waals surface area (Å²) < 4.78 is 17.4. The highest BCUT2D eigenvalue weighted by molar-refractivity contribution is 7.13. The van der Waals surface area contributed by atoms with E-state index in [2.05, 4.69) is 36.2 Å². The Bertz CT molecular complexity index is 1500. The largest absolute Gasteiger partial charge is 0.326 e. The van der Waals surface area contributed by atoms with Crippen molar-refractivity contribution in [2.45, 2.75) is 32.7 Å². The number of amides is 1. The van der Waals surface area contributed by atoms with Crippen molar-refractivity contribution in [1.82, 2.24) is 24.3 Å². The summed E-state index contributed by atoms with van der Waals surface area (Å²) in [5.74, 6) is -0.445. The van der Waals surface area contributed by atoms with Crippen LogP contribution < -0.4 is 5.32 Å².